The summed E-state index contributed by atoms with van der Waals surface area (Å²) in [4.78, 5) is 23.9. The Morgan fingerprint density at radius 2 is 1.74 bits per heavy atom. The number of Topliss-reactive ketones (excluding diaryl/α,β-unsaturated/α-hetero) is 1. The number of ketones is 1. The molecule has 0 spiro atoms. The van der Waals surface area contributed by atoms with Gasteiger partial charge in [0.2, 0.25) is 10.0 Å². The number of aryl methyl sites for hydroxylation is 2. The van der Waals surface area contributed by atoms with E-state index >= 15 is 0 Å². The predicted octanol–water partition coefficient (Wildman–Crippen LogP) is 2.39. The summed E-state index contributed by atoms with van der Waals surface area (Å²) in [5.41, 5.74) is 2.16. The van der Waals surface area contributed by atoms with Crippen molar-refractivity contribution in [3.8, 4) is 0 Å². The van der Waals surface area contributed by atoms with Gasteiger partial charge < -0.3 is 4.74 Å². The Hall–Kier alpha value is -2.58. The van der Waals surface area contributed by atoms with E-state index in [-0.39, 0.29) is 0 Å². The molecule has 1 aliphatic rings. The van der Waals surface area contributed by atoms with Gasteiger partial charge in [-0.15, -0.1) is 0 Å². The third kappa shape index (κ3) is 4.40. The van der Waals surface area contributed by atoms with E-state index in [0.29, 0.717) is 5.56 Å². The summed E-state index contributed by atoms with van der Waals surface area (Å²) in [5.74, 6) is -2.52. The van der Waals surface area contributed by atoms with Crippen molar-refractivity contribution in [2.45, 2.75) is 30.6 Å². The molecule has 142 valence electrons. The molecule has 0 aliphatic heterocycles. The van der Waals surface area contributed by atoms with Crippen molar-refractivity contribution in [1.29, 1.82) is 0 Å². The number of sulfonamides is 1. The third-order valence-corrected chi connectivity index (χ3v) is 5.40. The Morgan fingerprint density at radius 3 is 2.44 bits per heavy atom. The van der Waals surface area contributed by atoms with Crippen LogP contribution in [0.15, 0.2) is 41.3 Å². The highest BCUT2D eigenvalue weighted by atomic mass is 32.2. The van der Waals surface area contributed by atoms with Gasteiger partial charge in [0.25, 0.3) is 0 Å². The van der Waals surface area contributed by atoms with Crippen molar-refractivity contribution >= 4 is 21.8 Å². The van der Waals surface area contributed by atoms with Gasteiger partial charge in [-0.1, -0.05) is 12.1 Å². The first-order valence-corrected chi connectivity index (χ1v) is 9.95. The number of nitrogens with two attached hydrogens (primary N) is 1. The molecule has 0 atom stereocenters. The lowest BCUT2D eigenvalue weighted by Crippen LogP contribution is -2.17. The fourth-order valence-electron chi connectivity index (χ4n) is 3.04. The summed E-state index contributed by atoms with van der Waals surface area (Å²) < 4.78 is 41.4. The first-order chi connectivity index (χ1) is 12.8. The van der Waals surface area contributed by atoms with E-state index in [9.17, 15) is 22.4 Å². The molecule has 0 saturated heterocycles. The molecule has 0 amide bonds. The van der Waals surface area contributed by atoms with E-state index in [1.165, 1.54) is 5.56 Å². The third-order valence-electron chi connectivity index (χ3n) is 4.49. The number of esters is 1. The smallest absolute Gasteiger partial charge is 0.341 e. The lowest BCUT2D eigenvalue weighted by Gasteiger charge is -2.16. The van der Waals surface area contributed by atoms with E-state index in [1.807, 2.05) is 6.07 Å². The number of primary sulfonamides is 1. The van der Waals surface area contributed by atoms with Crippen LogP contribution in [-0.4, -0.2) is 26.8 Å². The first kappa shape index (κ1) is 19.2. The summed E-state index contributed by atoms with van der Waals surface area (Å²) in [7, 11) is -4.10. The van der Waals surface area contributed by atoms with E-state index < -0.39 is 44.7 Å². The molecular formula is C19H18FNO5S. The SMILES string of the molecule is NS(=O)(=O)c1ccc(F)c(C(=O)OCC(=O)c2ccc3c(c2)CCCC3)c1. The minimum Gasteiger partial charge on any atom is -0.454 e. The molecule has 1 aliphatic carbocycles. The number of fused-ring (bicyclic) bond motifs is 1. The average Bonchev–Trinajstić information content (AvgIpc) is 2.64. The maximum Gasteiger partial charge on any atom is 0.341 e. The van der Waals surface area contributed by atoms with Gasteiger partial charge in [0, 0.05) is 5.56 Å². The standard InChI is InChI=1S/C19H18FNO5S/c20-17-8-7-15(27(21,24)25)10-16(17)19(23)26-11-18(22)14-6-5-12-3-1-2-4-13(12)9-14/h5-10H,1-4,11H2,(H2,21,24,25). The zero-order valence-electron chi connectivity index (χ0n) is 14.4. The predicted molar refractivity (Wildman–Crippen MR) is 95.5 cm³/mol. The largest absolute Gasteiger partial charge is 0.454 e. The highest BCUT2D eigenvalue weighted by Crippen LogP contribution is 2.22. The second-order valence-corrected chi connectivity index (χ2v) is 7.94. The summed E-state index contributed by atoms with van der Waals surface area (Å²) in [5, 5.41) is 4.97. The van der Waals surface area contributed by atoms with Gasteiger partial charge in [-0.2, -0.15) is 0 Å². The Kier molecular flexibility index (Phi) is 5.38. The Bertz CT molecular complexity index is 1020. The number of carbonyl (C=O) groups is 2. The number of halogens is 1. The second kappa shape index (κ2) is 7.58. The van der Waals surface area contributed by atoms with Crippen molar-refractivity contribution < 1.29 is 27.1 Å². The highest BCUT2D eigenvalue weighted by Gasteiger charge is 2.20. The topological polar surface area (TPSA) is 104 Å². The van der Waals surface area contributed by atoms with Crippen LogP contribution in [0.3, 0.4) is 0 Å². The summed E-state index contributed by atoms with van der Waals surface area (Å²) >= 11 is 0. The fraction of sp³-hybridized carbons (Fsp3) is 0.263. The lowest BCUT2D eigenvalue weighted by atomic mass is 9.90. The van der Waals surface area contributed by atoms with Gasteiger partial charge in [0.1, 0.15) is 5.82 Å². The van der Waals surface area contributed by atoms with Crippen molar-refractivity contribution in [2.75, 3.05) is 6.61 Å². The van der Waals surface area contributed by atoms with Gasteiger partial charge in [-0.25, -0.2) is 22.7 Å². The second-order valence-electron chi connectivity index (χ2n) is 6.38. The molecule has 3 rings (SSSR count). The number of benzene rings is 2. The zero-order valence-corrected chi connectivity index (χ0v) is 15.2. The molecular weight excluding hydrogens is 373 g/mol. The molecule has 0 aromatic heterocycles. The minimum absolute atomic E-state index is 0.417. The molecule has 0 radical (unpaired) electrons. The zero-order chi connectivity index (χ0) is 19.6. The molecule has 2 aromatic rings. The quantitative estimate of drug-likeness (QED) is 0.623. The molecule has 2 aromatic carbocycles. The van der Waals surface area contributed by atoms with Crippen molar-refractivity contribution in [1.82, 2.24) is 0 Å². The molecule has 0 saturated carbocycles. The van der Waals surface area contributed by atoms with Crippen LogP contribution in [-0.2, 0) is 27.6 Å². The maximum absolute atomic E-state index is 13.8. The van der Waals surface area contributed by atoms with Gasteiger partial charge in [-0.3, -0.25) is 4.79 Å². The first-order valence-electron chi connectivity index (χ1n) is 8.40. The number of ether oxygens (including phenoxy) is 1. The van der Waals surface area contributed by atoms with Crippen LogP contribution in [0.1, 0.15) is 44.7 Å². The van der Waals surface area contributed by atoms with E-state index in [2.05, 4.69) is 0 Å². The number of carbonyl (C=O) groups excluding carboxylic acids is 2. The van der Waals surface area contributed by atoms with Crippen LogP contribution in [0.5, 0.6) is 0 Å². The lowest BCUT2D eigenvalue weighted by molar-refractivity contribution is 0.0470. The van der Waals surface area contributed by atoms with Crippen LogP contribution < -0.4 is 5.14 Å². The Labute approximate surface area is 156 Å². The molecule has 0 bridgehead atoms. The van der Waals surface area contributed by atoms with Crippen LogP contribution in [0, 0.1) is 5.82 Å². The summed E-state index contributed by atoms with van der Waals surface area (Å²) in [6.45, 7) is -0.573. The Balaban J connectivity index is 1.71. The van der Waals surface area contributed by atoms with Crippen LogP contribution in [0.25, 0.3) is 0 Å². The van der Waals surface area contributed by atoms with Gasteiger partial charge >= 0.3 is 5.97 Å². The monoisotopic (exact) mass is 391 g/mol. The van der Waals surface area contributed by atoms with Crippen LogP contribution in [0.4, 0.5) is 4.39 Å². The van der Waals surface area contributed by atoms with Gasteiger partial charge in [-0.05, 0) is 61.1 Å². The van der Waals surface area contributed by atoms with E-state index in [1.54, 1.807) is 12.1 Å². The molecule has 2 N–H and O–H groups in total. The fourth-order valence-corrected chi connectivity index (χ4v) is 3.58. The molecule has 0 unspecified atom stereocenters. The average molecular weight is 391 g/mol. The molecule has 8 heteroatoms. The van der Waals surface area contributed by atoms with Gasteiger partial charge in [0.05, 0.1) is 10.5 Å². The van der Waals surface area contributed by atoms with E-state index in [0.717, 1.165) is 49.4 Å². The van der Waals surface area contributed by atoms with Crippen LogP contribution >= 0.6 is 0 Å². The molecule has 6 nitrogen and oxygen atoms in total. The highest BCUT2D eigenvalue weighted by molar-refractivity contribution is 7.89. The number of hydrogen-bond acceptors (Lipinski definition) is 5. The molecule has 27 heavy (non-hydrogen) atoms. The van der Waals surface area contributed by atoms with Crippen molar-refractivity contribution in [3.63, 3.8) is 0 Å². The Morgan fingerprint density at radius 1 is 1.04 bits per heavy atom. The number of rotatable bonds is 5. The summed E-state index contributed by atoms with van der Waals surface area (Å²) in [6, 6.07) is 7.92. The van der Waals surface area contributed by atoms with Gasteiger partial charge in [0.15, 0.2) is 12.4 Å². The van der Waals surface area contributed by atoms with Crippen molar-refractivity contribution in [2.24, 2.45) is 5.14 Å². The summed E-state index contributed by atoms with van der Waals surface area (Å²) in [6.07, 6.45) is 4.08. The molecule has 0 heterocycles. The maximum atomic E-state index is 13.8. The van der Waals surface area contributed by atoms with Crippen LogP contribution in [0.2, 0.25) is 0 Å². The normalized spacial score (nSPS) is 13.7. The minimum atomic E-state index is -4.10. The molecule has 0 fully saturated rings. The van der Waals surface area contributed by atoms with Crippen molar-refractivity contribution in [3.05, 3.63) is 64.5 Å². The number of hydrogen-bond donors (Lipinski definition) is 1. The van der Waals surface area contributed by atoms with E-state index in [4.69, 9.17) is 9.88 Å².